The summed E-state index contributed by atoms with van der Waals surface area (Å²) >= 11 is 0. The summed E-state index contributed by atoms with van der Waals surface area (Å²) in [5, 5.41) is -0.507. The zero-order chi connectivity index (χ0) is 57.7. The van der Waals surface area contributed by atoms with Crippen LogP contribution in [0.4, 0.5) is 0 Å². The normalized spacial score (nSPS) is 21.9. The number of phosphoric acid groups is 1. The lowest BCUT2D eigenvalue weighted by Crippen LogP contribution is -2.50. The first-order chi connectivity index (χ1) is 38.7. The van der Waals surface area contributed by atoms with Crippen molar-refractivity contribution in [3.8, 4) is 5.75 Å². The molecule has 9 atom stereocenters. The molecule has 2 aromatic heterocycles. The lowest BCUT2D eigenvalue weighted by Gasteiger charge is -2.41. The van der Waals surface area contributed by atoms with Crippen LogP contribution in [-0.2, 0) is 47.3 Å². The van der Waals surface area contributed by atoms with E-state index in [0.717, 1.165) is 27.5 Å². The maximum Gasteiger partial charge on any atom is 0.472 e. The molecule has 0 bridgehead atoms. The summed E-state index contributed by atoms with van der Waals surface area (Å²) in [5.41, 5.74) is -2.57. The van der Waals surface area contributed by atoms with Crippen LogP contribution in [0.3, 0.4) is 0 Å². The zero-order valence-electron chi connectivity index (χ0n) is 45.0. The molecule has 9 rings (SSSR count). The second-order valence-electron chi connectivity index (χ2n) is 20.8. The fraction of sp³-hybridized carbons (Fsp3) is 0.310. The minimum Gasteiger partial charge on any atom is -0.497 e. The molecule has 81 heavy (non-hydrogen) atoms. The maximum absolute atomic E-state index is 15.0. The average Bonchev–Trinajstić information content (AvgIpc) is 3.85. The van der Waals surface area contributed by atoms with Gasteiger partial charge in [0.2, 0.25) is 0 Å². The van der Waals surface area contributed by atoms with Crippen molar-refractivity contribution < 1.29 is 60.9 Å². The largest absolute Gasteiger partial charge is 0.497 e. The van der Waals surface area contributed by atoms with Crippen LogP contribution in [0, 0.1) is 0 Å². The Morgan fingerprint density at radius 2 is 1.02 bits per heavy atom. The SMILES string of the molecule is COc1ccc(C(OC[C@H]2O[C@@H](n3ccc(=O)[nH]c3=O)[C@H](O[Si](C)(C)C(C)(C)C)[C@@H]2OP(=O)(O)OC[C@H]2O[C@@H](n3ccc(=O)[nH]c3=O)[C@H](OC(=O)c3ccccc3)[C@@H]2OC(=O)c2ccccc2)(c2ccccc2)c2ccccc2)cc1. The number of aromatic amines is 2. The second kappa shape index (κ2) is 24.2. The third kappa shape index (κ3) is 12.8. The molecule has 2 saturated heterocycles. The Labute approximate surface area is 465 Å². The van der Waals surface area contributed by atoms with Crippen molar-refractivity contribution >= 4 is 28.1 Å². The number of ether oxygens (including phenoxy) is 6. The average molecular weight is 1150 g/mol. The number of H-pyrrole nitrogens is 2. The first kappa shape index (κ1) is 58.0. The van der Waals surface area contributed by atoms with Gasteiger partial charge in [-0.3, -0.25) is 37.7 Å². The lowest BCUT2D eigenvalue weighted by molar-refractivity contribution is -0.0963. The van der Waals surface area contributed by atoms with Gasteiger partial charge >= 0.3 is 31.1 Å². The molecular weight excluding hydrogens is 1080 g/mol. The van der Waals surface area contributed by atoms with Crippen molar-refractivity contribution in [3.63, 3.8) is 0 Å². The van der Waals surface area contributed by atoms with E-state index in [1.165, 1.54) is 30.5 Å². The second-order valence-corrected chi connectivity index (χ2v) is 26.9. The number of aromatic nitrogens is 4. The van der Waals surface area contributed by atoms with Gasteiger partial charge in [0.25, 0.3) is 11.1 Å². The molecule has 0 saturated carbocycles. The van der Waals surface area contributed by atoms with E-state index < -0.39 is 124 Å². The van der Waals surface area contributed by atoms with E-state index in [2.05, 4.69) is 9.97 Å². The van der Waals surface area contributed by atoms with Crippen molar-refractivity contribution in [2.45, 2.75) is 93.6 Å². The van der Waals surface area contributed by atoms with E-state index in [1.807, 2.05) is 107 Å². The molecule has 0 amide bonds. The highest BCUT2D eigenvalue weighted by Gasteiger charge is 2.56. The number of methoxy groups -OCH3 is 1. The number of phosphoric ester groups is 1. The van der Waals surface area contributed by atoms with Crippen molar-refractivity contribution in [1.82, 2.24) is 19.1 Å². The number of carbonyl (C=O) groups is 2. The molecule has 21 nitrogen and oxygen atoms in total. The van der Waals surface area contributed by atoms with Crippen LogP contribution < -0.4 is 27.2 Å². The number of nitrogens with zero attached hydrogens (tertiary/aromatic N) is 2. The Balaban J connectivity index is 1.12. The van der Waals surface area contributed by atoms with Crippen LogP contribution in [0.1, 0.15) is 70.6 Å². The molecule has 7 aromatic rings. The first-order valence-electron chi connectivity index (χ1n) is 25.9. The van der Waals surface area contributed by atoms with Gasteiger partial charge in [-0.15, -0.1) is 0 Å². The van der Waals surface area contributed by atoms with E-state index in [0.29, 0.717) is 22.4 Å². The molecule has 2 aliphatic heterocycles. The predicted molar refractivity (Wildman–Crippen MR) is 296 cm³/mol. The smallest absolute Gasteiger partial charge is 0.472 e. The molecule has 2 fully saturated rings. The Hall–Kier alpha value is -7.63. The van der Waals surface area contributed by atoms with E-state index in [4.69, 9.17) is 41.9 Å². The quantitative estimate of drug-likeness (QED) is 0.0294. The van der Waals surface area contributed by atoms with E-state index in [9.17, 15) is 38.2 Å². The van der Waals surface area contributed by atoms with Gasteiger partial charge in [0.05, 0.1) is 31.5 Å². The number of hydrogen-bond acceptors (Lipinski definition) is 16. The number of rotatable bonds is 20. The van der Waals surface area contributed by atoms with Gasteiger partial charge in [0, 0.05) is 24.5 Å². The summed E-state index contributed by atoms with van der Waals surface area (Å²) < 4.78 is 74.1. The molecule has 5 aromatic carbocycles. The number of carbonyl (C=O) groups excluding carboxylic acids is 2. The Kier molecular flexibility index (Phi) is 17.4. The third-order valence-corrected chi connectivity index (χ3v) is 20.0. The number of benzene rings is 5. The molecule has 4 heterocycles. The van der Waals surface area contributed by atoms with Gasteiger partial charge in [-0.2, -0.15) is 0 Å². The molecule has 0 aliphatic carbocycles. The van der Waals surface area contributed by atoms with Crippen molar-refractivity contribution in [2.24, 2.45) is 0 Å². The van der Waals surface area contributed by atoms with Crippen LogP contribution in [0.2, 0.25) is 18.1 Å². The van der Waals surface area contributed by atoms with Gasteiger partial charge in [-0.25, -0.2) is 23.7 Å². The number of esters is 2. The summed E-state index contributed by atoms with van der Waals surface area (Å²) in [4.78, 5) is 96.3. The summed E-state index contributed by atoms with van der Waals surface area (Å²) in [5.74, 6) is -1.27. The molecule has 424 valence electrons. The topological polar surface area (TPSA) is 264 Å². The first-order valence-corrected chi connectivity index (χ1v) is 30.3. The zero-order valence-corrected chi connectivity index (χ0v) is 46.9. The van der Waals surface area contributed by atoms with Crippen molar-refractivity contribution in [1.29, 1.82) is 0 Å². The minimum atomic E-state index is -5.49. The monoisotopic (exact) mass is 1140 g/mol. The molecule has 0 spiro atoms. The molecular formula is C58H61N4O17PSi. The van der Waals surface area contributed by atoms with Crippen LogP contribution in [0.25, 0.3) is 0 Å². The van der Waals surface area contributed by atoms with E-state index in [1.54, 1.807) is 55.6 Å². The van der Waals surface area contributed by atoms with Gasteiger partial charge in [-0.1, -0.05) is 130 Å². The van der Waals surface area contributed by atoms with Crippen molar-refractivity contribution in [3.05, 3.63) is 240 Å². The highest BCUT2D eigenvalue weighted by molar-refractivity contribution is 7.47. The Bertz CT molecular complexity index is 3560. The Morgan fingerprint density at radius 1 is 0.593 bits per heavy atom. The molecule has 23 heteroatoms. The lowest BCUT2D eigenvalue weighted by atomic mass is 9.80. The summed E-state index contributed by atoms with van der Waals surface area (Å²) in [6.45, 7) is 8.41. The van der Waals surface area contributed by atoms with Gasteiger partial charge in [0.15, 0.2) is 33.0 Å². The van der Waals surface area contributed by atoms with Gasteiger partial charge < -0.3 is 37.7 Å². The third-order valence-electron chi connectivity index (χ3n) is 14.5. The van der Waals surface area contributed by atoms with Crippen LogP contribution in [-0.4, -0.2) is 101 Å². The molecule has 1 unspecified atom stereocenters. The Morgan fingerprint density at radius 3 is 1.48 bits per heavy atom. The van der Waals surface area contributed by atoms with Crippen LogP contribution >= 0.6 is 7.82 Å². The van der Waals surface area contributed by atoms with E-state index >= 15 is 0 Å². The molecule has 3 N–H and O–H groups in total. The van der Waals surface area contributed by atoms with Gasteiger partial charge in [-0.05, 0) is 71.2 Å². The fourth-order valence-corrected chi connectivity index (χ4v) is 11.7. The fourth-order valence-electron chi connectivity index (χ4n) is 9.44. The standard InChI is InChI=1S/C58H61N4O17PSi/c1-57(2,3)81(5,6)79-50-48(43(74-52(50)62-34-32-46(64)60-56(62)68)35-72-58(39-23-15-9-16-24-39,40-25-17-10-18-26-40)41-27-29-42(71-4)30-28-41)78-80(69,70)73-36-44-47(76-53(65)37-19-11-7-12-20-37)49(77-54(66)38-21-13-8-14-22-38)51(75-44)61-33-31-45(63)59-55(61)67/h7-34,43-44,47-52H,35-36H2,1-6H3,(H,69,70)(H,59,63,67)(H,60,64,68)/t43-,44-,47-,48-,49-,50-,51-,52-/m1/s1. The molecule has 0 radical (unpaired) electrons. The van der Waals surface area contributed by atoms with Crippen molar-refractivity contribution in [2.75, 3.05) is 20.3 Å². The molecule has 2 aliphatic rings. The number of nitrogens with one attached hydrogen (secondary N) is 2. The summed E-state index contributed by atoms with van der Waals surface area (Å²) in [6.07, 6.45) is -10.1. The summed E-state index contributed by atoms with van der Waals surface area (Å²) in [7, 11) is -6.94. The highest BCUT2D eigenvalue weighted by atomic mass is 31.2. The maximum atomic E-state index is 15.0. The van der Waals surface area contributed by atoms with Gasteiger partial charge in [0.1, 0.15) is 35.8 Å². The van der Waals surface area contributed by atoms with Crippen LogP contribution in [0.5, 0.6) is 5.75 Å². The summed E-state index contributed by atoms with van der Waals surface area (Å²) in [6, 6.07) is 43.7. The predicted octanol–water partition coefficient (Wildman–Crippen LogP) is 7.24. The van der Waals surface area contributed by atoms with Crippen LogP contribution in [0.15, 0.2) is 189 Å². The highest BCUT2D eigenvalue weighted by Crippen LogP contribution is 2.52. The minimum absolute atomic E-state index is 0.0695. The van der Waals surface area contributed by atoms with E-state index in [-0.39, 0.29) is 11.1 Å². The number of hydrogen-bond donors (Lipinski definition) is 3.